The highest BCUT2D eigenvalue weighted by atomic mass is 127. The molecule has 1 rings (SSSR count). The van der Waals surface area contributed by atoms with Gasteiger partial charge in [-0.2, -0.15) is 0 Å². The summed E-state index contributed by atoms with van der Waals surface area (Å²) in [5.74, 6) is -1.76. The molecule has 2 unspecified atom stereocenters. The molecular weight excluding hydrogens is 537 g/mol. The molecule has 2 amide bonds. The predicted molar refractivity (Wildman–Crippen MR) is 82.8 cm³/mol. The molecule has 0 aromatic heterocycles. The molecule has 0 aromatic carbocycles. The summed E-state index contributed by atoms with van der Waals surface area (Å²) in [6.45, 7) is 0. The van der Waals surface area contributed by atoms with Gasteiger partial charge in [0, 0.05) is 7.16 Å². The van der Waals surface area contributed by atoms with Gasteiger partial charge in [0.25, 0.3) is 0 Å². The van der Waals surface area contributed by atoms with Gasteiger partial charge in [0.15, 0.2) is 0 Å². The number of primary amides is 2. The lowest BCUT2D eigenvalue weighted by Gasteiger charge is -2.31. The molecule has 4 N–H and O–H groups in total. The smallest absolute Gasteiger partial charge is 0.238 e. The van der Waals surface area contributed by atoms with Crippen molar-refractivity contribution in [2.24, 2.45) is 17.4 Å². The SMILES string of the molecule is NC(=O)C1C(I)=CC(I)=CC1(I)C(N)=O. The molecular formula is C8H7I3N2O2. The fraction of sp³-hybridized carbons (Fsp3) is 0.250. The average Bonchev–Trinajstić information content (AvgIpc) is 2.00. The van der Waals surface area contributed by atoms with Gasteiger partial charge in [-0.25, -0.2) is 0 Å². The van der Waals surface area contributed by atoms with E-state index in [0.717, 1.165) is 7.16 Å². The van der Waals surface area contributed by atoms with Crippen LogP contribution in [0, 0.1) is 5.92 Å². The summed E-state index contributed by atoms with van der Waals surface area (Å²) in [5.41, 5.74) is 10.6. The number of amides is 2. The standard InChI is InChI=1S/C8H7I3N2O2/c9-3-1-4(10)5(6(12)14)8(11,2-3)7(13)15/h1-2,5H,(H2,12,14)(H2,13,15). The molecule has 0 radical (unpaired) electrons. The van der Waals surface area contributed by atoms with Gasteiger partial charge in [-0.1, -0.05) is 22.6 Å². The highest BCUT2D eigenvalue weighted by Gasteiger charge is 2.46. The Balaban J connectivity index is 3.31. The maximum Gasteiger partial charge on any atom is 0.238 e. The lowest BCUT2D eigenvalue weighted by atomic mass is 9.87. The molecule has 0 saturated carbocycles. The van der Waals surface area contributed by atoms with E-state index in [9.17, 15) is 9.59 Å². The third-order valence-corrected chi connectivity index (χ3v) is 5.00. The van der Waals surface area contributed by atoms with E-state index in [1.165, 1.54) is 0 Å². The lowest BCUT2D eigenvalue weighted by molar-refractivity contribution is -0.126. The van der Waals surface area contributed by atoms with Crippen molar-refractivity contribution < 1.29 is 9.59 Å². The number of alkyl halides is 1. The molecule has 1 aliphatic rings. The van der Waals surface area contributed by atoms with E-state index in [2.05, 4.69) is 22.6 Å². The molecule has 0 saturated heterocycles. The van der Waals surface area contributed by atoms with Gasteiger partial charge in [0.05, 0.1) is 5.92 Å². The number of hydrogen-bond donors (Lipinski definition) is 2. The zero-order valence-electron chi connectivity index (χ0n) is 7.34. The fourth-order valence-corrected chi connectivity index (χ4v) is 6.02. The molecule has 2 atom stereocenters. The molecule has 1 aliphatic carbocycles. The Bertz CT molecular complexity index is 391. The molecule has 4 nitrogen and oxygen atoms in total. The van der Waals surface area contributed by atoms with Crippen LogP contribution in [0.2, 0.25) is 0 Å². The normalized spacial score (nSPS) is 30.5. The third kappa shape index (κ3) is 2.65. The van der Waals surface area contributed by atoms with Gasteiger partial charge in [-0.3, -0.25) is 9.59 Å². The van der Waals surface area contributed by atoms with Crippen molar-refractivity contribution in [2.75, 3.05) is 0 Å². The minimum Gasteiger partial charge on any atom is -0.369 e. The zero-order valence-corrected chi connectivity index (χ0v) is 13.8. The van der Waals surface area contributed by atoms with E-state index < -0.39 is 21.2 Å². The molecule has 0 spiro atoms. The van der Waals surface area contributed by atoms with Crippen molar-refractivity contribution >= 4 is 79.6 Å². The molecule has 82 valence electrons. The van der Waals surface area contributed by atoms with Crippen molar-refractivity contribution in [1.29, 1.82) is 0 Å². The van der Waals surface area contributed by atoms with E-state index in [4.69, 9.17) is 11.5 Å². The van der Waals surface area contributed by atoms with Gasteiger partial charge in [0.1, 0.15) is 3.42 Å². The number of rotatable bonds is 2. The van der Waals surface area contributed by atoms with Crippen LogP contribution in [-0.4, -0.2) is 15.2 Å². The number of carbonyl (C=O) groups is 2. The first-order chi connectivity index (χ1) is 6.79. The Labute approximate surface area is 128 Å². The second kappa shape index (κ2) is 4.85. The van der Waals surface area contributed by atoms with E-state index in [1.54, 1.807) is 6.08 Å². The summed E-state index contributed by atoms with van der Waals surface area (Å²) in [4.78, 5) is 22.7. The van der Waals surface area contributed by atoms with Crippen LogP contribution < -0.4 is 11.5 Å². The molecule has 15 heavy (non-hydrogen) atoms. The van der Waals surface area contributed by atoms with E-state index in [0.29, 0.717) is 0 Å². The first-order valence-electron chi connectivity index (χ1n) is 3.82. The number of allylic oxidation sites excluding steroid dienone is 2. The Morgan fingerprint density at radius 2 is 1.87 bits per heavy atom. The fourth-order valence-electron chi connectivity index (χ4n) is 1.30. The van der Waals surface area contributed by atoms with Crippen LogP contribution in [-0.2, 0) is 9.59 Å². The Kier molecular flexibility index (Phi) is 4.43. The van der Waals surface area contributed by atoms with Gasteiger partial charge in [0.2, 0.25) is 11.8 Å². The second-order valence-corrected chi connectivity index (χ2v) is 7.30. The van der Waals surface area contributed by atoms with E-state index >= 15 is 0 Å². The Hall–Kier alpha value is 0.610. The quantitative estimate of drug-likeness (QED) is 0.408. The lowest BCUT2D eigenvalue weighted by Crippen LogP contribution is -2.49. The topological polar surface area (TPSA) is 86.2 Å². The first kappa shape index (κ1) is 13.7. The van der Waals surface area contributed by atoms with Crippen molar-refractivity contribution in [3.05, 3.63) is 19.3 Å². The van der Waals surface area contributed by atoms with Crippen LogP contribution in [0.5, 0.6) is 0 Å². The number of halogens is 3. The minimum atomic E-state index is -1.05. The Morgan fingerprint density at radius 3 is 2.27 bits per heavy atom. The highest BCUT2D eigenvalue weighted by molar-refractivity contribution is 14.1. The van der Waals surface area contributed by atoms with Crippen LogP contribution in [0.15, 0.2) is 19.3 Å². The summed E-state index contributed by atoms with van der Waals surface area (Å²) in [6, 6.07) is 0. The molecule has 0 fully saturated rings. The van der Waals surface area contributed by atoms with E-state index in [1.807, 2.05) is 51.3 Å². The van der Waals surface area contributed by atoms with Crippen LogP contribution in [0.4, 0.5) is 0 Å². The first-order valence-corrected chi connectivity index (χ1v) is 7.06. The third-order valence-electron chi connectivity index (χ3n) is 1.98. The van der Waals surface area contributed by atoms with Crippen molar-refractivity contribution in [1.82, 2.24) is 0 Å². The number of nitrogens with two attached hydrogens (primary N) is 2. The highest BCUT2D eigenvalue weighted by Crippen LogP contribution is 2.43. The largest absolute Gasteiger partial charge is 0.369 e. The maximum absolute atomic E-state index is 11.4. The zero-order chi connectivity index (χ0) is 11.8. The Morgan fingerprint density at radius 1 is 1.33 bits per heavy atom. The van der Waals surface area contributed by atoms with Gasteiger partial charge in [-0.15, -0.1) is 0 Å². The average molecular weight is 544 g/mol. The minimum absolute atomic E-state index is 0.538. The van der Waals surface area contributed by atoms with Crippen molar-refractivity contribution in [2.45, 2.75) is 3.42 Å². The summed E-state index contributed by atoms with van der Waals surface area (Å²) in [6.07, 6.45) is 3.49. The van der Waals surface area contributed by atoms with Crippen LogP contribution in [0.25, 0.3) is 0 Å². The maximum atomic E-state index is 11.4. The molecule has 0 heterocycles. The summed E-state index contributed by atoms with van der Waals surface area (Å²) in [7, 11) is 0. The van der Waals surface area contributed by atoms with Crippen molar-refractivity contribution in [3.63, 3.8) is 0 Å². The summed E-state index contributed by atoms with van der Waals surface area (Å²) in [5, 5.41) is 0. The van der Waals surface area contributed by atoms with Gasteiger partial charge < -0.3 is 11.5 Å². The summed E-state index contributed by atoms with van der Waals surface area (Å²) < 4.78 is 0.564. The number of hydrogen-bond acceptors (Lipinski definition) is 2. The summed E-state index contributed by atoms with van der Waals surface area (Å²) >= 11 is 5.97. The van der Waals surface area contributed by atoms with Crippen LogP contribution >= 0.6 is 67.8 Å². The van der Waals surface area contributed by atoms with Crippen molar-refractivity contribution in [3.8, 4) is 0 Å². The van der Waals surface area contributed by atoms with Crippen LogP contribution in [0.3, 0.4) is 0 Å². The van der Waals surface area contributed by atoms with Crippen LogP contribution in [0.1, 0.15) is 0 Å². The monoisotopic (exact) mass is 544 g/mol. The number of carbonyl (C=O) groups excluding carboxylic acids is 2. The van der Waals surface area contributed by atoms with E-state index in [-0.39, 0.29) is 0 Å². The second-order valence-electron chi connectivity index (χ2n) is 3.03. The molecule has 0 aromatic rings. The van der Waals surface area contributed by atoms with Gasteiger partial charge >= 0.3 is 0 Å². The van der Waals surface area contributed by atoms with Gasteiger partial charge in [-0.05, 0) is 57.3 Å². The molecule has 7 heteroatoms. The molecule has 0 bridgehead atoms. The predicted octanol–water partition coefficient (Wildman–Crippen LogP) is 1.40. The molecule has 0 aliphatic heterocycles.